The average molecular weight is 360 g/mol. The number of likely N-dealkylation sites (N-methyl/N-ethyl adjacent to an activating group) is 1. The van der Waals surface area contributed by atoms with Crippen LogP contribution >= 0.6 is 0 Å². The summed E-state index contributed by atoms with van der Waals surface area (Å²) in [7, 11) is 3.79. The van der Waals surface area contributed by atoms with Gasteiger partial charge in [0, 0.05) is 37.5 Å². The summed E-state index contributed by atoms with van der Waals surface area (Å²) in [6.07, 6.45) is 0. The normalized spacial score (nSPS) is 10.6. The van der Waals surface area contributed by atoms with Crippen LogP contribution in [0.1, 0.15) is 5.56 Å². The van der Waals surface area contributed by atoms with Gasteiger partial charge in [-0.05, 0) is 37.9 Å². The minimum Gasteiger partial charge on any atom is -0.319 e. The highest BCUT2D eigenvalue weighted by Crippen LogP contribution is 2.18. The fourth-order valence-electron chi connectivity index (χ4n) is 2.28. The molecule has 8 heteroatoms. The van der Waals surface area contributed by atoms with Gasteiger partial charge in [0.2, 0.25) is 0 Å². The van der Waals surface area contributed by atoms with Gasteiger partial charge < -0.3 is 15.1 Å². The lowest BCUT2D eigenvalue weighted by Crippen LogP contribution is -2.39. The Labute approximate surface area is 151 Å². The van der Waals surface area contributed by atoms with E-state index in [0.29, 0.717) is 25.3 Å². The van der Waals surface area contributed by atoms with Gasteiger partial charge in [-0.25, -0.2) is 9.18 Å². The van der Waals surface area contributed by atoms with Gasteiger partial charge in [0.05, 0.1) is 4.92 Å². The summed E-state index contributed by atoms with van der Waals surface area (Å²) in [5.41, 5.74) is 1.04. The first kappa shape index (κ1) is 19.3. The van der Waals surface area contributed by atoms with Crippen LogP contribution in [0.25, 0.3) is 0 Å². The number of carbonyl (C=O) groups excluding carboxylic acids is 1. The van der Waals surface area contributed by atoms with Gasteiger partial charge in [0.1, 0.15) is 5.82 Å². The molecule has 0 fully saturated rings. The molecule has 0 aliphatic carbocycles. The number of rotatable bonds is 7. The van der Waals surface area contributed by atoms with E-state index in [2.05, 4.69) is 5.32 Å². The van der Waals surface area contributed by atoms with Crippen molar-refractivity contribution in [3.8, 4) is 0 Å². The Morgan fingerprint density at radius 2 is 1.85 bits per heavy atom. The Morgan fingerprint density at radius 3 is 2.46 bits per heavy atom. The van der Waals surface area contributed by atoms with Crippen molar-refractivity contribution in [2.75, 3.05) is 32.5 Å². The van der Waals surface area contributed by atoms with Crippen LogP contribution in [-0.2, 0) is 6.54 Å². The van der Waals surface area contributed by atoms with Crippen molar-refractivity contribution in [1.29, 1.82) is 0 Å². The molecule has 138 valence electrons. The molecule has 2 aromatic carbocycles. The highest BCUT2D eigenvalue weighted by atomic mass is 19.1. The summed E-state index contributed by atoms with van der Waals surface area (Å²) < 4.78 is 13.1. The highest BCUT2D eigenvalue weighted by molar-refractivity contribution is 5.89. The fourth-order valence-corrected chi connectivity index (χ4v) is 2.28. The molecule has 0 unspecified atom stereocenters. The summed E-state index contributed by atoms with van der Waals surface area (Å²) in [5, 5.41) is 13.5. The molecule has 2 amide bonds. The van der Waals surface area contributed by atoms with E-state index in [9.17, 15) is 19.3 Å². The number of hydrogen-bond donors (Lipinski definition) is 1. The Bertz CT molecular complexity index is 765. The molecule has 0 heterocycles. The van der Waals surface area contributed by atoms with Crippen LogP contribution in [-0.4, -0.2) is 47.9 Å². The minimum absolute atomic E-state index is 0.0961. The number of nitrogens with one attached hydrogen (secondary N) is 1. The van der Waals surface area contributed by atoms with Crippen LogP contribution in [0.2, 0.25) is 0 Å². The van der Waals surface area contributed by atoms with E-state index in [0.717, 1.165) is 5.56 Å². The van der Waals surface area contributed by atoms with Crippen molar-refractivity contribution < 1.29 is 14.1 Å². The third-order valence-corrected chi connectivity index (χ3v) is 3.70. The molecular formula is C18H21FN4O3. The topological polar surface area (TPSA) is 78.7 Å². The zero-order chi connectivity index (χ0) is 19.1. The molecule has 0 spiro atoms. The second kappa shape index (κ2) is 8.91. The summed E-state index contributed by atoms with van der Waals surface area (Å²) in [4.78, 5) is 26.5. The van der Waals surface area contributed by atoms with Crippen molar-refractivity contribution >= 4 is 17.4 Å². The van der Waals surface area contributed by atoms with Gasteiger partial charge in [-0.2, -0.15) is 0 Å². The van der Waals surface area contributed by atoms with Gasteiger partial charge in [-0.15, -0.1) is 0 Å². The van der Waals surface area contributed by atoms with E-state index in [1.54, 1.807) is 23.1 Å². The van der Waals surface area contributed by atoms with Gasteiger partial charge in [0.25, 0.3) is 5.69 Å². The lowest BCUT2D eigenvalue weighted by molar-refractivity contribution is -0.384. The van der Waals surface area contributed by atoms with Crippen molar-refractivity contribution in [2.24, 2.45) is 0 Å². The molecule has 7 nitrogen and oxygen atoms in total. The fraction of sp³-hybridized carbons (Fsp3) is 0.278. The van der Waals surface area contributed by atoms with E-state index >= 15 is 0 Å². The molecule has 26 heavy (non-hydrogen) atoms. The van der Waals surface area contributed by atoms with E-state index in [4.69, 9.17) is 0 Å². The van der Waals surface area contributed by atoms with Crippen molar-refractivity contribution in [3.05, 3.63) is 70.0 Å². The summed E-state index contributed by atoms with van der Waals surface area (Å²) >= 11 is 0. The first-order chi connectivity index (χ1) is 12.3. The summed E-state index contributed by atoms with van der Waals surface area (Å²) in [5.74, 6) is -0.338. The number of anilines is 1. The van der Waals surface area contributed by atoms with Gasteiger partial charge in [0.15, 0.2) is 0 Å². The molecular weight excluding hydrogens is 339 g/mol. The summed E-state index contributed by atoms with van der Waals surface area (Å²) in [6, 6.07) is 11.3. The predicted octanol–water partition coefficient (Wildman–Crippen LogP) is 3.33. The number of nitrogens with zero attached hydrogens (tertiary/aromatic N) is 3. The number of non-ortho nitro benzene ring substituents is 1. The molecule has 0 atom stereocenters. The molecule has 0 saturated carbocycles. The average Bonchev–Trinajstić information content (AvgIpc) is 2.60. The number of benzene rings is 2. The Kier molecular flexibility index (Phi) is 6.62. The second-order valence-corrected chi connectivity index (χ2v) is 6.09. The second-order valence-electron chi connectivity index (χ2n) is 6.09. The minimum atomic E-state index is -0.516. The number of nitro benzene ring substituents is 1. The van der Waals surface area contributed by atoms with E-state index < -0.39 is 4.92 Å². The molecule has 2 rings (SSSR count). The number of carbonyl (C=O) groups is 1. The van der Waals surface area contributed by atoms with Crippen molar-refractivity contribution in [3.63, 3.8) is 0 Å². The third-order valence-electron chi connectivity index (χ3n) is 3.70. The Morgan fingerprint density at radius 1 is 1.15 bits per heavy atom. The maximum Gasteiger partial charge on any atom is 0.322 e. The predicted molar refractivity (Wildman–Crippen MR) is 97.5 cm³/mol. The van der Waals surface area contributed by atoms with Crippen LogP contribution in [0.15, 0.2) is 48.5 Å². The molecule has 0 bridgehead atoms. The molecule has 0 aromatic heterocycles. The molecule has 2 aromatic rings. The first-order valence-electron chi connectivity index (χ1n) is 8.04. The number of nitro groups is 1. The van der Waals surface area contributed by atoms with Crippen LogP contribution in [0.3, 0.4) is 0 Å². The quantitative estimate of drug-likeness (QED) is 0.607. The maximum absolute atomic E-state index is 13.1. The van der Waals surface area contributed by atoms with E-state index in [1.807, 2.05) is 19.0 Å². The Balaban J connectivity index is 2.12. The molecule has 0 saturated heterocycles. The number of amides is 2. The highest BCUT2D eigenvalue weighted by Gasteiger charge is 2.16. The largest absolute Gasteiger partial charge is 0.322 e. The van der Waals surface area contributed by atoms with E-state index in [1.165, 1.54) is 30.3 Å². The summed E-state index contributed by atoms with van der Waals surface area (Å²) in [6.45, 7) is 1.39. The van der Waals surface area contributed by atoms with Gasteiger partial charge >= 0.3 is 6.03 Å². The van der Waals surface area contributed by atoms with Crippen LogP contribution in [0, 0.1) is 15.9 Å². The zero-order valence-corrected chi connectivity index (χ0v) is 14.7. The molecule has 1 N–H and O–H groups in total. The molecule has 0 radical (unpaired) electrons. The first-order valence-corrected chi connectivity index (χ1v) is 8.04. The standard InChI is InChI=1S/C18H21FN4O3/c1-21(2)10-11-22(13-14-6-8-15(19)9-7-14)18(24)20-16-4-3-5-17(12-16)23(25)26/h3-9,12H,10-11,13H2,1-2H3,(H,20,24). The monoisotopic (exact) mass is 360 g/mol. The van der Waals surface area contributed by atoms with Gasteiger partial charge in [-0.3, -0.25) is 10.1 Å². The third kappa shape index (κ3) is 5.82. The van der Waals surface area contributed by atoms with E-state index in [-0.39, 0.29) is 17.5 Å². The van der Waals surface area contributed by atoms with Crippen LogP contribution < -0.4 is 5.32 Å². The number of hydrogen-bond acceptors (Lipinski definition) is 4. The smallest absolute Gasteiger partial charge is 0.319 e. The van der Waals surface area contributed by atoms with Crippen molar-refractivity contribution in [2.45, 2.75) is 6.54 Å². The van der Waals surface area contributed by atoms with Gasteiger partial charge in [-0.1, -0.05) is 18.2 Å². The number of halogens is 1. The van der Waals surface area contributed by atoms with Crippen LogP contribution in [0.5, 0.6) is 0 Å². The molecule has 0 aliphatic rings. The number of urea groups is 1. The maximum atomic E-state index is 13.1. The SMILES string of the molecule is CN(C)CCN(Cc1ccc(F)cc1)C(=O)Nc1cccc([N+](=O)[O-])c1. The lowest BCUT2D eigenvalue weighted by Gasteiger charge is -2.25. The van der Waals surface area contributed by atoms with Crippen molar-refractivity contribution in [1.82, 2.24) is 9.80 Å². The Hall–Kier alpha value is -3.00. The van der Waals surface area contributed by atoms with Crippen LogP contribution in [0.4, 0.5) is 20.6 Å². The lowest BCUT2D eigenvalue weighted by atomic mass is 10.2. The molecule has 0 aliphatic heterocycles. The zero-order valence-electron chi connectivity index (χ0n) is 14.7.